The first kappa shape index (κ1) is 23.3. The lowest BCUT2D eigenvalue weighted by molar-refractivity contribution is -0.134. The van der Waals surface area contributed by atoms with Crippen LogP contribution >= 0.6 is 11.8 Å². The molecule has 0 unspecified atom stereocenters. The van der Waals surface area contributed by atoms with Gasteiger partial charge in [0.15, 0.2) is 0 Å². The molecule has 3 aliphatic carbocycles. The molecule has 0 amide bonds. The number of carboxylic acid groups (broad SMARTS) is 1. The van der Waals surface area contributed by atoms with Gasteiger partial charge in [-0.2, -0.15) is 8.70 Å². The van der Waals surface area contributed by atoms with Crippen molar-refractivity contribution in [3.8, 4) is 5.75 Å². The third-order valence-electron chi connectivity index (χ3n) is 6.69. The molecule has 1 aromatic rings. The molecule has 0 saturated heterocycles. The van der Waals surface area contributed by atoms with E-state index in [1.54, 1.807) is 19.4 Å². The summed E-state index contributed by atoms with van der Waals surface area (Å²) >= 11 is 1.32. The Balaban J connectivity index is 1.83. The van der Waals surface area contributed by atoms with Crippen molar-refractivity contribution in [2.75, 3.05) is 38.0 Å². The molecule has 1 aliphatic heterocycles. The van der Waals surface area contributed by atoms with E-state index in [0.29, 0.717) is 35.9 Å². The van der Waals surface area contributed by atoms with Crippen molar-refractivity contribution in [2.45, 2.75) is 47.6 Å². The quantitative estimate of drug-likeness (QED) is 0.340. The number of thioether (sulfide) groups is 1. The summed E-state index contributed by atoms with van der Waals surface area (Å²) in [6.07, 6.45) is 5.39. The minimum Gasteiger partial charge on any atom is -0.476 e. The molecule has 2 bridgehead atoms. The highest BCUT2D eigenvalue weighted by atomic mass is 32.2. The maximum Gasteiger partial charge on any atom is 0.368 e. The molecule has 1 atom stereocenters. The topological polar surface area (TPSA) is 96.4 Å². The van der Waals surface area contributed by atoms with E-state index in [9.17, 15) is 17.6 Å². The number of ether oxygens (including phenoxy) is 2. The van der Waals surface area contributed by atoms with Crippen LogP contribution in [0.25, 0.3) is 0 Å². The Hall–Kier alpha value is -1.82. The van der Waals surface area contributed by atoms with Gasteiger partial charge in [0.2, 0.25) is 15.9 Å². The third kappa shape index (κ3) is 3.78. The first-order chi connectivity index (χ1) is 15.1. The minimum absolute atomic E-state index is 0.0437. The van der Waals surface area contributed by atoms with Gasteiger partial charge in [-0.3, -0.25) is 0 Å². The van der Waals surface area contributed by atoms with Gasteiger partial charge in [0, 0.05) is 31.8 Å². The van der Waals surface area contributed by atoms with E-state index >= 15 is 0 Å². The number of hydrogen-bond donors (Lipinski definition) is 1. The van der Waals surface area contributed by atoms with Crippen LogP contribution in [-0.4, -0.2) is 68.4 Å². The molecule has 3 saturated carbocycles. The van der Waals surface area contributed by atoms with Crippen LogP contribution < -0.4 is 9.64 Å². The lowest BCUT2D eigenvalue weighted by atomic mass is 9.49. The SMILES string of the molecule is CCOC[C@H]1CN(C23CC(C2)C3)c2cc(SC)c(O/C=C(\F)C(=O)O)cc2S(=O)(=O)N1C. The molecule has 1 heterocycles. The predicted octanol–water partition coefficient (Wildman–Crippen LogP) is 3.08. The number of benzene rings is 1. The van der Waals surface area contributed by atoms with E-state index in [-0.39, 0.29) is 28.8 Å². The van der Waals surface area contributed by atoms with E-state index in [2.05, 4.69) is 4.90 Å². The molecule has 0 radical (unpaired) electrons. The number of sulfonamides is 1. The van der Waals surface area contributed by atoms with Crippen molar-refractivity contribution < 1.29 is 32.2 Å². The largest absolute Gasteiger partial charge is 0.476 e. The zero-order chi connectivity index (χ0) is 23.3. The molecular weight excluding hydrogens is 459 g/mol. The number of fused-ring (bicyclic) bond motifs is 1. The summed E-state index contributed by atoms with van der Waals surface area (Å²) in [6, 6.07) is 2.77. The van der Waals surface area contributed by atoms with Gasteiger partial charge in [0.1, 0.15) is 16.9 Å². The van der Waals surface area contributed by atoms with Crippen molar-refractivity contribution in [3.63, 3.8) is 0 Å². The standard InChI is InChI=1S/C21H27FN2O6S2/c1-4-29-11-14-10-24(21-7-13(8-21)9-21)16-5-18(31-3)17(30-12-15(22)20(25)26)6-19(16)32(27,28)23(14)2/h5-6,12-14H,4,7-11H2,1-3H3,(H,25,26)/b15-12-/t13?,14-,21?/m1/s1. The number of carboxylic acids is 1. The van der Waals surface area contributed by atoms with E-state index in [1.165, 1.54) is 22.1 Å². The first-order valence-electron chi connectivity index (χ1n) is 10.4. The average Bonchev–Trinajstić information content (AvgIpc) is 2.76. The first-order valence-corrected chi connectivity index (χ1v) is 13.1. The zero-order valence-corrected chi connectivity index (χ0v) is 19.8. The Morgan fingerprint density at radius 1 is 1.38 bits per heavy atom. The molecule has 1 aromatic carbocycles. The van der Waals surface area contributed by atoms with Crippen LogP contribution in [0.3, 0.4) is 0 Å². The van der Waals surface area contributed by atoms with Crippen LogP contribution in [0.1, 0.15) is 26.2 Å². The molecule has 3 fully saturated rings. The summed E-state index contributed by atoms with van der Waals surface area (Å²) in [7, 11) is -2.36. The zero-order valence-electron chi connectivity index (χ0n) is 18.2. The second-order valence-electron chi connectivity index (χ2n) is 8.51. The summed E-state index contributed by atoms with van der Waals surface area (Å²) in [6.45, 7) is 3.15. The second kappa shape index (κ2) is 8.51. The summed E-state index contributed by atoms with van der Waals surface area (Å²) in [5, 5.41) is 8.75. The van der Waals surface area contributed by atoms with Gasteiger partial charge >= 0.3 is 5.97 Å². The Bertz CT molecular complexity index is 1040. The van der Waals surface area contributed by atoms with Gasteiger partial charge in [-0.1, -0.05) is 0 Å². The number of nitrogens with zero attached hydrogens (tertiary/aromatic N) is 2. The smallest absolute Gasteiger partial charge is 0.368 e. The number of halogens is 1. The average molecular weight is 487 g/mol. The number of anilines is 1. The van der Waals surface area contributed by atoms with E-state index in [0.717, 1.165) is 19.3 Å². The summed E-state index contributed by atoms with van der Waals surface area (Å²) < 4.78 is 52.9. The number of hydrogen-bond acceptors (Lipinski definition) is 7. The molecule has 5 rings (SSSR count). The lowest BCUT2D eigenvalue weighted by Crippen LogP contribution is -2.70. The molecule has 8 nitrogen and oxygen atoms in total. The van der Waals surface area contributed by atoms with Gasteiger partial charge in [0.05, 0.1) is 23.2 Å². The highest BCUT2D eigenvalue weighted by molar-refractivity contribution is 7.98. The van der Waals surface area contributed by atoms with Crippen LogP contribution in [0.4, 0.5) is 10.1 Å². The Labute approximate surface area is 191 Å². The number of aliphatic carboxylic acids is 1. The third-order valence-corrected chi connectivity index (χ3v) is 9.39. The Kier molecular flexibility index (Phi) is 6.21. The summed E-state index contributed by atoms with van der Waals surface area (Å²) in [5.41, 5.74) is 0.561. The van der Waals surface area contributed by atoms with Gasteiger partial charge < -0.3 is 19.5 Å². The molecule has 4 aliphatic rings. The van der Waals surface area contributed by atoms with Crippen molar-refractivity contribution in [3.05, 3.63) is 24.2 Å². The van der Waals surface area contributed by atoms with Crippen molar-refractivity contribution in [1.82, 2.24) is 4.31 Å². The molecule has 176 valence electrons. The van der Waals surface area contributed by atoms with Crippen molar-refractivity contribution in [1.29, 1.82) is 0 Å². The fourth-order valence-electron chi connectivity index (χ4n) is 4.76. The molecule has 11 heteroatoms. The highest BCUT2D eigenvalue weighted by Gasteiger charge is 2.61. The Morgan fingerprint density at radius 2 is 2.06 bits per heavy atom. The van der Waals surface area contributed by atoms with E-state index in [4.69, 9.17) is 14.6 Å². The monoisotopic (exact) mass is 486 g/mol. The van der Waals surface area contributed by atoms with Crippen LogP contribution in [0.15, 0.2) is 34.0 Å². The molecule has 1 N–H and O–H groups in total. The van der Waals surface area contributed by atoms with Crippen LogP contribution in [-0.2, 0) is 19.6 Å². The lowest BCUT2D eigenvalue weighted by Gasteiger charge is -2.67. The molecule has 32 heavy (non-hydrogen) atoms. The molecular formula is C21H27FN2O6S2. The maximum absolute atomic E-state index is 13.6. The molecule has 0 spiro atoms. The second-order valence-corrected chi connectivity index (χ2v) is 11.3. The summed E-state index contributed by atoms with van der Waals surface area (Å²) in [4.78, 5) is 13.6. The molecule has 0 aromatic heterocycles. The van der Waals surface area contributed by atoms with Gasteiger partial charge in [-0.15, -0.1) is 11.8 Å². The van der Waals surface area contributed by atoms with Crippen LogP contribution in [0, 0.1) is 5.92 Å². The number of carbonyl (C=O) groups is 1. The fraction of sp³-hybridized carbons (Fsp3) is 0.571. The number of rotatable bonds is 8. The normalized spacial score (nSPS) is 28.9. The number of likely N-dealkylation sites (N-methyl/N-ethyl adjacent to an activating group) is 1. The Morgan fingerprint density at radius 3 is 2.59 bits per heavy atom. The summed E-state index contributed by atoms with van der Waals surface area (Å²) in [5.74, 6) is -2.44. The van der Waals surface area contributed by atoms with Gasteiger partial charge in [-0.25, -0.2) is 13.2 Å². The minimum atomic E-state index is -3.91. The van der Waals surface area contributed by atoms with Gasteiger partial charge in [-0.05, 0) is 44.4 Å². The van der Waals surface area contributed by atoms with E-state index < -0.39 is 21.8 Å². The highest BCUT2D eigenvalue weighted by Crippen LogP contribution is 2.62. The van der Waals surface area contributed by atoms with Crippen LogP contribution in [0.2, 0.25) is 0 Å². The van der Waals surface area contributed by atoms with Crippen molar-refractivity contribution >= 4 is 33.4 Å². The maximum atomic E-state index is 13.6. The van der Waals surface area contributed by atoms with Gasteiger partial charge in [0.25, 0.3) is 0 Å². The van der Waals surface area contributed by atoms with Crippen LogP contribution in [0.5, 0.6) is 5.75 Å². The predicted molar refractivity (Wildman–Crippen MR) is 118 cm³/mol. The van der Waals surface area contributed by atoms with E-state index in [1.807, 2.05) is 6.92 Å². The van der Waals surface area contributed by atoms with Crippen molar-refractivity contribution in [2.24, 2.45) is 5.92 Å². The fourth-order valence-corrected chi connectivity index (χ4v) is 6.82.